The number of hydrogen-bond donors (Lipinski definition) is 2. The summed E-state index contributed by atoms with van der Waals surface area (Å²) in [6, 6.07) is 32.6. The van der Waals surface area contributed by atoms with Gasteiger partial charge >= 0.3 is 0 Å². The number of carbonyl (C=O) groups is 1. The third-order valence-corrected chi connectivity index (χ3v) is 8.19. The van der Waals surface area contributed by atoms with Crippen molar-refractivity contribution in [3.63, 3.8) is 0 Å². The maximum absolute atomic E-state index is 12.8. The number of para-hydroxylation sites is 1. The lowest BCUT2D eigenvalue weighted by Gasteiger charge is -2.41. The number of methoxy groups -OCH3 is 1. The molecule has 0 saturated carbocycles. The number of aliphatic hydroxyl groups is 1. The van der Waals surface area contributed by atoms with E-state index in [0.717, 1.165) is 27.3 Å². The van der Waals surface area contributed by atoms with Gasteiger partial charge in [0.15, 0.2) is 6.29 Å². The number of thioether (sulfide) groups is 1. The maximum atomic E-state index is 12.8. The molecule has 206 valence electrons. The summed E-state index contributed by atoms with van der Waals surface area (Å²) in [5, 5.41) is 12.5. The zero-order valence-electron chi connectivity index (χ0n) is 22.5. The normalized spacial score (nSPS) is 20.6. The first-order valence-electron chi connectivity index (χ1n) is 13.3. The van der Waals surface area contributed by atoms with E-state index in [1.807, 2.05) is 84.9 Å². The second kappa shape index (κ2) is 13.2. The Labute approximate surface area is 239 Å². The molecular weight excluding hydrogens is 522 g/mol. The highest BCUT2D eigenvalue weighted by molar-refractivity contribution is 7.99. The van der Waals surface area contributed by atoms with Crippen molar-refractivity contribution in [3.8, 4) is 5.75 Å². The topological polar surface area (TPSA) is 77.0 Å². The highest BCUT2D eigenvalue weighted by Crippen LogP contribution is 2.44. The number of nitrogens with one attached hydrogen (secondary N) is 1. The minimum Gasteiger partial charge on any atom is -0.496 e. The van der Waals surface area contributed by atoms with E-state index in [1.54, 1.807) is 31.0 Å². The van der Waals surface area contributed by atoms with E-state index in [9.17, 15) is 9.90 Å². The Morgan fingerprint density at radius 3 is 2.40 bits per heavy atom. The molecule has 0 bridgehead atoms. The van der Waals surface area contributed by atoms with Crippen LogP contribution >= 0.6 is 11.8 Å². The predicted molar refractivity (Wildman–Crippen MR) is 158 cm³/mol. The average molecular weight is 556 g/mol. The van der Waals surface area contributed by atoms with Gasteiger partial charge < -0.3 is 24.6 Å². The van der Waals surface area contributed by atoms with E-state index in [2.05, 4.69) is 18.3 Å². The molecule has 1 heterocycles. The summed E-state index contributed by atoms with van der Waals surface area (Å²) in [4.78, 5) is 13.8. The third kappa shape index (κ3) is 6.57. The second-order valence-electron chi connectivity index (χ2n) is 9.73. The lowest BCUT2D eigenvalue weighted by molar-refractivity contribution is -0.268. The van der Waals surface area contributed by atoms with Crippen molar-refractivity contribution < 1.29 is 24.1 Å². The molecule has 0 radical (unpaired) electrons. The van der Waals surface area contributed by atoms with Gasteiger partial charge in [0.05, 0.1) is 25.9 Å². The monoisotopic (exact) mass is 555 g/mol. The first kappa shape index (κ1) is 27.9. The molecule has 4 aromatic rings. The zero-order chi connectivity index (χ0) is 27.9. The van der Waals surface area contributed by atoms with Crippen molar-refractivity contribution >= 4 is 23.4 Å². The van der Waals surface area contributed by atoms with Gasteiger partial charge in [-0.15, -0.1) is 11.8 Å². The summed E-state index contributed by atoms with van der Waals surface area (Å²) < 4.78 is 18.7. The van der Waals surface area contributed by atoms with Gasteiger partial charge in [0.2, 0.25) is 0 Å². The summed E-state index contributed by atoms with van der Waals surface area (Å²) >= 11 is 1.70. The molecule has 0 unspecified atom stereocenters. The van der Waals surface area contributed by atoms with Crippen LogP contribution in [0.25, 0.3) is 0 Å². The molecule has 1 fully saturated rings. The molecule has 4 atom stereocenters. The Morgan fingerprint density at radius 2 is 1.65 bits per heavy atom. The van der Waals surface area contributed by atoms with Crippen molar-refractivity contribution in [1.29, 1.82) is 0 Å². The van der Waals surface area contributed by atoms with Gasteiger partial charge in [0.1, 0.15) is 5.75 Å². The number of carbonyl (C=O) groups excluding carboxylic acids is 1. The van der Waals surface area contributed by atoms with E-state index in [0.29, 0.717) is 17.0 Å². The average Bonchev–Trinajstić information content (AvgIpc) is 3.01. The van der Waals surface area contributed by atoms with Crippen molar-refractivity contribution in [2.24, 2.45) is 5.92 Å². The number of rotatable bonds is 9. The maximum Gasteiger partial charge on any atom is 0.255 e. The van der Waals surface area contributed by atoms with Crippen molar-refractivity contribution in [2.75, 3.05) is 18.2 Å². The summed E-state index contributed by atoms with van der Waals surface area (Å²) in [6.45, 7) is 2.14. The smallest absolute Gasteiger partial charge is 0.255 e. The molecule has 1 amide bonds. The Kier molecular flexibility index (Phi) is 9.19. The zero-order valence-corrected chi connectivity index (χ0v) is 23.3. The number of amides is 1. The van der Waals surface area contributed by atoms with Crippen LogP contribution in [0.4, 0.5) is 5.69 Å². The van der Waals surface area contributed by atoms with Crippen LogP contribution < -0.4 is 10.1 Å². The van der Waals surface area contributed by atoms with E-state index in [1.165, 1.54) is 0 Å². The van der Waals surface area contributed by atoms with Crippen molar-refractivity contribution in [1.82, 2.24) is 0 Å². The molecule has 4 aromatic carbocycles. The molecule has 7 heteroatoms. The molecule has 6 nitrogen and oxygen atoms in total. The van der Waals surface area contributed by atoms with E-state index >= 15 is 0 Å². The molecule has 0 aliphatic carbocycles. The Balaban J connectivity index is 1.39. The van der Waals surface area contributed by atoms with Gasteiger partial charge in [-0.2, -0.15) is 0 Å². The standard InChI is InChI=1S/C33H33NO5S/c1-22-29(21-40-30-14-7-6-13-28(30)37-2)38-33(39-31(22)24-17-15-23(20-35)16-18-24)26-11-8-12-27(19-26)34-32(36)25-9-4-3-5-10-25/h3-19,22,29,31,33,35H,20-21H2,1-2H3,(H,34,36)/t22-,29+,31+,33+/m1/s1. The Bertz CT molecular complexity index is 1410. The molecule has 5 rings (SSSR count). The van der Waals surface area contributed by atoms with Crippen LogP contribution in [0.2, 0.25) is 0 Å². The van der Waals surface area contributed by atoms with Gasteiger partial charge in [0.25, 0.3) is 5.91 Å². The van der Waals surface area contributed by atoms with Crippen LogP contribution in [-0.2, 0) is 16.1 Å². The quantitative estimate of drug-likeness (QED) is 0.216. The summed E-state index contributed by atoms with van der Waals surface area (Å²) in [5.41, 5.74) is 3.96. The van der Waals surface area contributed by atoms with Crippen LogP contribution in [0.15, 0.2) is 108 Å². The van der Waals surface area contributed by atoms with Crippen molar-refractivity contribution in [2.45, 2.75) is 36.9 Å². The first-order chi connectivity index (χ1) is 19.6. The van der Waals surface area contributed by atoms with Crippen LogP contribution in [-0.4, -0.2) is 30.0 Å². The number of benzene rings is 4. The SMILES string of the molecule is COc1ccccc1SC[C@@H]1O[C@H](c2cccc(NC(=O)c3ccccc3)c2)O[C@H](c2ccc(CO)cc2)[C@@H]1C. The minimum absolute atomic E-state index is 0.00718. The highest BCUT2D eigenvalue weighted by Gasteiger charge is 2.38. The third-order valence-electron chi connectivity index (χ3n) is 7.05. The first-order valence-corrected chi connectivity index (χ1v) is 14.3. The van der Waals surface area contributed by atoms with Crippen LogP contribution in [0.1, 0.15) is 46.4 Å². The van der Waals surface area contributed by atoms with Crippen LogP contribution in [0, 0.1) is 5.92 Å². The molecule has 2 N–H and O–H groups in total. The van der Waals surface area contributed by atoms with Crippen LogP contribution in [0.5, 0.6) is 5.75 Å². The fourth-order valence-corrected chi connectivity index (χ4v) is 5.97. The fourth-order valence-electron chi connectivity index (χ4n) is 4.78. The summed E-state index contributed by atoms with van der Waals surface area (Å²) in [7, 11) is 1.68. The minimum atomic E-state index is -0.629. The lowest BCUT2D eigenvalue weighted by Crippen LogP contribution is -2.38. The highest BCUT2D eigenvalue weighted by atomic mass is 32.2. The largest absolute Gasteiger partial charge is 0.496 e. The summed E-state index contributed by atoms with van der Waals surface area (Å²) in [6.07, 6.45) is -0.980. The molecule has 0 aromatic heterocycles. The van der Waals surface area contributed by atoms with Crippen molar-refractivity contribution in [3.05, 3.63) is 125 Å². The van der Waals surface area contributed by atoms with Gasteiger partial charge in [-0.1, -0.05) is 73.7 Å². The second-order valence-corrected chi connectivity index (χ2v) is 10.8. The fraction of sp³-hybridized carbons (Fsp3) is 0.242. The molecule has 40 heavy (non-hydrogen) atoms. The van der Waals surface area contributed by atoms with Gasteiger partial charge in [-0.3, -0.25) is 4.79 Å². The van der Waals surface area contributed by atoms with E-state index < -0.39 is 6.29 Å². The molecular formula is C33H33NO5S. The number of hydrogen-bond acceptors (Lipinski definition) is 6. The van der Waals surface area contributed by atoms with Gasteiger partial charge in [0, 0.05) is 33.4 Å². The predicted octanol–water partition coefficient (Wildman–Crippen LogP) is 7.02. The Morgan fingerprint density at radius 1 is 0.900 bits per heavy atom. The van der Waals surface area contributed by atoms with Gasteiger partial charge in [-0.25, -0.2) is 0 Å². The lowest BCUT2D eigenvalue weighted by atomic mass is 9.91. The van der Waals surface area contributed by atoms with E-state index in [-0.39, 0.29) is 30.6 Å². The number of ether oxygens (including phenoxy) is 3. The summed E-state index contributed by atoms with van der Waals surface area (Å²) in [5.74, 6) is 1.42. The van der Waals surface area contributed by atoms with Gasteiger partial charge in [-0.05, 0) is 47.5 Å². The van der Waals surface area contributed by atoms with E-state index in [4.69, 9.17) is 14.2 Å². The van der Waals surface area contributed by atoms with Crippen LogP contribution in [0.3, 0.4) is 0 Å². The molecule has 1 aliphatic heterocycles. The molecule has 1 saturated heterocycles. The Hall–Kier alpha value is -3.62. The number of anilines is 1. The molecule has 0 spiro atoms. The number of aliphatic hydroxyl groups excluding tert-OH is 1. The molecule has 1 aliphatic rings.